The number of aliphatic hydroxyl groups is 1. The largest absolute Gasteiger partial charge is 0.494 e. The number of aliphatic imine (C=N–C) groups is 1. The lowest BCUT2D eigenvalue weighted by atomic mass is 9.82. The molecule has 1 heterocycles. The second-order valence-corrected chi connectivity index (χ2v) is 12.1. The highest BCUT2D eigenvalue weighted by Crippen LogP contribution is 2.44. The highest BCUT2D eigenvalue weighted by atomic mass is 16.5. The van der Waals surface area contributed by atoms with Crippen LogP contribution in [-0.2, 0) is 16.1 Å². The molecule has 1 aliphatic rings. The lowest BCUT2D eigenvalue weighted by molar-refractivity contribution is -0.129. The predicted octanol–water partition coefficient (Wildman–Crippen LogP) is 6.68. The van der Waals surface area contributed by atoms with Crippen LogP contribution in [0.5, 0.6) is 5.75 Å². The summed E-state index contributed by atoms with van der Waals surface area (Å²) in [7, 11) is 0. The fraction of sp³-hybridized carbons (Fsp3) is 0.371. The third-order valence-corrected chi connectivity index (χ3v) is 7.41. The first-order valence-corrected chi connectivity index (χ1v) is 15.2. The van der Waals surface area contributed by atoms with Gasteiger partial charge in [-0.05, 0) is 58.3 Å². The highest BCUT2D eigenvalue weighted by molar-refractivity contribution is 6.01. The average Bonchev–Trinajstić information content (AvgIpc) is 3.43. The Labute approximate surface area is 264 Å². The van der Waals surface area contributed by atoms with Crippen LogP contribution in [0.25, 0.3) is 16.5 Å². The zero-order chi connectivity index (χ0) is 32.1. The Morgan fingerprint density at radius 1 is 1.11 bits per heavy atom. The van der Waals surface area contributed by atoms with Gasteiger partial charge in [-0.1, -0.05) is 92.6 Å². The van der Waals surface area contributed by atoms with Gasteiger partial charge in [-0.3, -0.25) is 10.2 Å². The van der Waals surface area contributed by atoms with Gasteiger partial charge < -0.3 is 14.6 Å². The van der Waals surface area contributed by atoms with Crippen molar-refractivity contribution in [3.8, 4) is 5.75 Å². The van der Waals surface area contributed by atoms with Gasteiger partial charge in [-0.15, -0.1) is 0 Å². The van der Waals surface area contributed by atoms with Crippen LogP contribution < -0.4 is 15.6 Å². The topological polar surface area (TPSA) is 141 Å². The SMILES string of the molecule is CC(C)(C)CCNNC(=O)[C@@]1(C/C=C/c2ccccc2)N=C(c2ccc(OCCCO)cc2)O[C@H]1c1ccccc1CN=[N+]=[N-]. The lowest BCUT2D eigenvalue weighted by Crippen LogP contribution is -2.53. The number of rotatable bonds is 15. The molecule has 0 fully saturated rings. The van der Waals surface area contributed by atoms with Gasteiger partial charge in [0.15, 0.2) is 11.6 Å². The summed E-state index contributed by atoms with van der Waals surface area (Å²) >= 11 is 0. The third-order valence-electron chi connectivity index (χ3n) is 7.41. The molecule has 0 spiro atoms. The molecular formula is C35H42N6O4. The van der Waals surface area contributed by atoms with Crippen LogP contribution >= 0.6 is 0 Å². The number of carbonyl (C=O) groups excluding carboxylic acids is 1. The van der Waals surface area contributed by atoms with Gasteiger partial charge in [0.25, 0.3) is 5.91 Å². The van der Waals surface area contributed by atoms with E-state index in [1.54, 1.807) is 0 Å². The molecule has 0 bridgehead atoms. The molecule has 1 aliphatic heterocycles. The maximum absolute atomic E-state index is 14.3. The molecule has 0 unspecified atom stereocenters. The Kier molecular flexibility index (Phi) is 11.8. The van der Waals surface area contributed by atoms with Crippen molar-refractivity contribution in [1.29, 1.82) is 0 Å². The number of amides is 1. The Bertz CT molecular complexity index is 1510. The van der Waals surface area contributed by atoms with E-state index in [1.807, 2.05) is 91.0 Å². The molecule has 1 amide bonds. The van der Waals surface area contributed by atoms with Gasteiger partial charge in [0, 0.05) is 36.5 Å². The Balaban J connectivity index is 1.76. The van der Waals surface area contributed by atoms with E-state index in [-0.39, 0.29) is 30.9 Å². The number of hydrogen-bond donors (Lipinski definition) is 3. The van der Waals surface area contributed by atoms with Crippen LogP contribution in [0.4, 0.5) is 0 Å². The molecule has 10 nitrogen and oxygen atoms in total. The van der Waals surface area contributed by atoms with Crippen LogP contribution in [0.1, 0.15) is 68.4 Å². The van der Waals surface area contributed by atoms with Gasteiger partial charge >= 0.3 is 0 Å². The summed E-state index contributed by atoms with van der Waals surface area (Å²) in [5, 5.41) is 12.9. The molecule has 10 heteroatoms. The Morgan fingerprint density at radius 3 is 2.56 bits per heavy atom. The number of nitrogens with zero attached hydrogens (tertiary/aromatic N) is 4. The van der Waals surface area contributed by atoms with Crippen LogP contribution in [0.2, 0.25) is 0 Å². The fourth-order valence-electron chi connectivity index (χ4n) is 4.96. The summed E-state index contributed by atoms with van der Waals surface area (Å²) in [6.45, 7) is 7.57. The first-order chi connectivity index (χ1) is 21.8. The van der Waals surface area contributed by atoms with E-state index >= 15 is 0 Å². The molecule has 4 rings (SSSR count). The van der Waals surface area contributed by atoms with E-state index in [9.17, 15) is 4.79 Å². The van der Waals surface area contributed by atoms with Crippen LogP contribution in [0.3, 0.4) is 0 Å². The summed E-state index contributed by atoms with van der Waals surface area (Å²) in [4.78, 5) is 22.3. The summed E-state index contributed by atoms with van der Waals surface area (Å²) in [5.74, 6) is 0.634. The van der Waals surface area contributed by atoms with E-state index in [2.05, 4.69) is 41.6 Å². The first-order valence-electron chi connectivity index (χ1n) is 15.2. The van der Waals surface area contributed by atoms with Crippen molar-refractivity contribution >= 4 is 17.9 Å². The summed E-state index contributed by atoms with van der Waals surface area (Å²) < 4.78 is 12.3. The van der Waals surface area contributed by atoms with Gasteiger partial charge in [0.1, 0.15) is 5.75 Å². The second kappa shape index (κ2) is 15.9. The lowest BCUT2D eigenvalue weighted by Gasteiger charge is -2.31. The average molecular weight is 611 g/mol. The van der Waals surface area contributed by atoms with E-state index in [0.29, 0.717) is 42.3 Å². The zero-order valence-electron chi connectivity index (χ0n) is 26.1. The molecule has 0 saturated heterocycles. The van der Waals surface area contributed by atoms with Crippen molar-refractivity contribution in [2.24, 2.45) is 15.5 Å². The van der Waals surface area contributed by atoms with Crippen LogP contribution in [-0.4, -0.2) is 42.2 Å². The highest BCUT2D eigenvalue weighted by Gasteiger charge is 2.53. The molecule has 0 radical (unpaired) electrons. The maximum Gasteiger partial charge on any atom is 0.266 e. The molecule has 2 atom stereocenters. The van der Waals surface area contributed by atoms with Crippen molar-refractivity contribution < 1.29 is 19.4 Å². The van der Waals surface area contributed by atoms with E-state index in [1.165, 1.54) is 0 Å². The molecule has 45 heavy (non-hydrogen) atoms. The first kappa shape index (κ1) is 33.3. The molecular weight excluding hydrogens is 568 g/mol. The summed E-state index contributed by atoms with van der Waals surface area (Å²) in [6, 6.07) is 24.7. The molecule has 3 N–H and O–H groups in total. The van der Waals surface area contributed by atoms with Crippen LogP contribution in [0.15, 0.2) is 95.0 Å². The van der Waals surface area contributed by atoms with Crippen LogP contribution in [0, 0.1) is 5.41 Å². The van der Waals surface area contributed by atoms with E-state index < -0.39 is 11.6 Å². The number of nitrogens with one attached hydrogen (secondary N) is 2. The predicted molar refractivity (Wildman–Crippen MR) is 176 cm³/mol. The van der Waals surface area contributed by atoms with E-state index in [4.69, 9.17) is 25.1 Å². The Morgan fingerprint density at radius 2 is 1.84 bits per heavy atom. The molecule has 0 aromatic heterocycles. The smallest absolute Gasteiger partial charge is 0.266 e. The van der Waals surface area contributed by atoms with E-state index in [0.717, 1.165) is 17.5 Å². The minimum atomic E-state index is -1.39. The maximum atomic E-state index is 14.3. The summed E-state index contributed by atoms with van der Waals surface area (Å²) in [5.41, 5.74) is 16.9. The molecule has 0 saturated carbocycles. The number of benzene rings is 3. The standard InChI is InChI=1S/C35H42N6O4/c1-34(2,3)21-22-37-40-33(43)35(20-9-13-26-11-5-4-6-12-26)31(30-15-8-7-14-28(30)25-38-41-36)45-32(39-35)27-16-18-29(19-17-27)44-24-10-23-42/h4-9,11-19,31,37,42H,10,20-25H2,1-3H3,(H,40,43)/b13-9+/t31-,35-/m0/s1. The molecule has 3 aromatic rings. The fourth-order valence-corrected chi connectivity index (χ4v) is 4.96. The van der Waals surface area contributed by atoms with Crippen molar-refractivity contribution in [3.05, 3.63) is 118 Å². The second-order valence-electron chi connectivity index (χ2n) is 12.1. The monoisotopic (exact) mass is 610 g/mol. The number of aliphatic hydroxyl groups excluding tert-OH is 1. The minimum Gasteiger partial charge on any atom is -0.494 e. The Hall–Kier alpha value is -4.63. The van der Waals surface area contributed by atoms with Crippen molar-refractivity contribution in [2.45, 2.75) is 58.2 Å². The number of carbonyl (C=O) groups is 1. The zero-order valence-corrected chi connectivity index (χ0v) is 26.1. The van der Waals surface area contributed by atoms with Crippen molar-refractivity contribution in [3.63, 3.8) is 0 Å². The third kappa shape index (κ3) is 9.18. The van der Waals surface area contributed by atoms with Crippen molar-refractivity contribution in [1.82, 2.24) is 10.9 Å². The van der Waals surface area contributed by atoms with Crippen molar-refractivity contribution in [2.75, 3.05) is 19.8 Å². The number of ether oxygens (including phenoxy) is 2. The normalized spacial score (nSPS) is 17.8. The van der Waals surface area contributed by atoms with Gasteiger partial charge in [-0.25, -0.2) is 10.4 Å². The molecule has 3 aromatic carbocycles. The summed E-state index contributed by atoms with van der Waals surface area (Å²) in [6.07, 6.45) is 4.72. The quantitative estimate of drug-likeness (QED) is 0.0579. The van der Waals surface area contributed by atoms with Gasteiger partial charge in [-0.2, -0.15) is 0 Å². The molecule has 236 valence electrons. The van der Waals surface area contributed by atoms with Gasteiger partial charge in [0.05, 0.1) is 13.2 Å². The van der Waals surface area contributed by atoms with Gasteiger partial charge in [0.2, 0.25) is 5.90 Å². The minimum absolute atomic E-state index is 0.0548. The number of hydrazine groups is 1. The molecule has 0 aliphatic carbocycles. The number of azide groups is 1. The number of hydrogen-bond acceptors (Lipinski definition) is 7.